The van der Waals surface area contributed by atoms with Crippen LogP contribution in [0.3, 0.4) is 0 Å². The van der Waals surface area contributed by atoms with Crippen LogP contribution in [0.15, 0.2) is 30.5 Å². The van der Waals surface area contributed by atoms with Crippen LogP contribution in [0.25, 0.3) is 10.4 Å². The molecule has 3 aromatic rings. The first-order chi connectivity index (χ1) is 13.4. The number of nitrogens with zero attached hydrogens (tertiary/aromatic N) is 1. The van der Waals surface area contributed by atoms with Crippen molar-refractivity contribution >= 4 is 17.2 Å². The molecule has 0 saturated heterocycles. The first kappa shape index (κ1) is 20.2. The second-order valence-corrected chi connectivity index (χ2v) is 7.63. The van der Waals surface area contributed by atoms with Gasteiger partial charge < -0.3 is 11.1 Å². The van der Waals surface area contributed by atoms with Gasteiger partial charge in [-0.2, -0.15) is 5.10 Å². The number of thiophene rings is 1. The Labute approximate surface area is 166 Å². The maximum absolute atomic E-state index is 13.4. The smallest absolute Gasteiger partial charge is 0.261 e. The Bertz CT molecular complexity index is 982. The molecule has 0 aliphatic heterocycles. The molecule has 5 nitrogen and oxygen atoms in total. The van der Waals surface area contributed by atoms with Gasteiger partial charge in [0.1, 0.15) is 0 Å². The van der Waals surface area contributed by atoms with Crippen LogP contribution >= 0.6 is 11.3 Å². The van der Waals surface area contributed by atoms with Gasteiger partial charge in [-0.15, -0.1) is 11.3 Å². The lowest BCUT2D eigenvalue weighted by molar-refractivity contribution is 0.0942. The van der Waals surface area contributed by atoms with Gasteiger partial charge in [0, 0.05) is 29.2 Å². The highest BCUT2D eigenvalue weighted by Gasteiger charge is 2.19. The zero-order valence-corrected chi connectivity index (χ0v) is 16.5. The molecule has 8 heteroatoms. The summed E-state index contributed by atoms with van der Waals surface area (Å²) < 4.78 is 26.5. The number of benzene rings is 1. The second kappa shape index (κ2) is 8.62. The van der Waals surface area contributed by atoms with Gasteiger partial charge >= 0.3 is 0 Å². The lowest BCUT2D eigenvalue weighted by Gasteiger charge is -2.16. The maximum atomic E-state index is 13.4. The minimum Gasteiger partial charge on any atom is -0.347 e. The van der Waals surface area contributed by atoms with Gasteiger partial charge in [-0.05, 0) is 49.1 Å². The fourth-order valence-electron chi connectivity index (χ4n) is 3.05. The molecule has 0 aliphatic carbocycles. The van der Waals surface area contributed by atoms with Crippen molar-refractivity contribution < 1.29 is 13.6 Å². The summed E-state index contributed by atoms with van der Waals surface area (Å²) in [5, 5.41) is 9.99. The van der Waals surface area contributed by atoms with Crippen LogP contribution < -0.4 is 11.1 Å². The summed E-state index contributed by atoms with van der Waals surface area (Å²) in [6, 6.07) is 5.15. The fourth-order valence-corrected chi connectivity index (χ4v) is 4.16. The van der Waals surface area contributed by atoms with E-state index >= 15 is 0 Å². The minimum atomic E-state index is -0.912. The third kappa shape index (κ3) is 4.28. The van der Waals surface area contributed by atoms with Gasteiger partial charge in [0.05, 0.1) is 10.6 Å². The largest absolute Gasteiger partial charge is 0.347 e. The predicted octanol–water partition coefficient (Wildman–Crippen LogP) is 3.59. The number of halogens is 2. The summed E-state index contributed by atoms with van der Waals surface area (Å²) in [5.74, 6) is -2.05. The van der Waals surface area contributed by atoms with E-state index in [0.29, 0.717) is 16.9 Å². The summed E-state index contributed by atoms with van der Waals surface area (Å²) in [6.45, 7) is 4.17. The van der Waals surface area contributed by atoms with E-state index < -0.39 is 11.6 Å². The molecule has 2 heterocycles. The highest BCUT2D eigenvalue weighted by atomic mass is 32.1. The summed E-state index contributed by atoms with van der Waals surface area (Å²) in [7, 11) is 0. The number of nitrogens with one attached hydrogen (secondary N) is 2. The molecule has 148 valence electrons. The van der Waals surface area contributed by atoms with E-state index in [1.165, 1.54) is 17.4 Å². The molecule has 0 radical (unpaired) electrons. The van der Waals surface area contributed by atoms with Crippen molar-refractivity contribution in [1.29, 1.82) is 0 Å². The van der Waals surface area contributed by atoms with Crippen LogP contribution in [-0.4, -0.2) is 28.7 Å². The van der Waals surface area contributed by atoms with E-state index in [0.717, 1.165) is 40.3 Å². The minimum absolute atomic E-state index is 0.184. The molecule has 0 saturated carbocycles. The molecule has 1 atom stereocenters. The van der Waals surface area contributed by atoms with E-state index in [1.54, 1.807) is 0 Å². The number of aryl methyl sites for hydroxylation is 2. The Balaban J connectivity index is 1.74. The van der Waals surface area contributed by atoms with Gasteiger partial charge in [-0.3, -0.25) is 9.89 Å². The van der Waals surface area contributed by atoms with Crippen LogP contribution in [0.2, 0.25) is 0 Å². The average Bonchev–Trinajstić information content (AvgIpc) is 3.29. The molecule has 1 amide bonds. The number of aromatic amines is 1. The number of hydrogen-bond acceptors (Lipinski definition) is 4. The van der Waals surface area contributed by atoms with E-state index in [-0.39, 0.29) is 18.5 Å². The number of amides is 1. The standard InChI is InChI=1S/C20H22F2N4OS/c1-3-17-14(10-24-26-17)19-11(2)6-18(28-19)20(27)25-13(9-23)7-12-4-5-15(21)16(22)8-12/h4-6,8,10,13H,3,7,9,23H2,1-2H3,(H,24,26)(H,25,27)/t13-/m0/s1. The van der Waals surface area contributed by atoms with E-state index in [9.17, 15) is 13.6 Å². The Hall–Kier alpha value is -2.58. The first-order valence-electron chi connectivity index (χ1n) is 9.01. The Morgan fingerprint density at radius 3 is 2.79 bits per heavy atom. The monoisotopic (exact) mass is 404 g/mol. The molecule has 1 aromatic carbocycles. The van der Waals surface area contributed by atoms with E-state index in [4.69, 9.17) is 5.73 Å². The number of nitrogens with two attached hydrogens (primary N) is 1. The van der Waals surface area contributed by atoms with Crippen LogP contribution in [0.4, 0.5) is 8.78 Å². The Kier molecular flexibility index (Phi) is 6.21. The van der Waals surface area contributed by atoms with Crippen LogP contribution in [0, 0.1) is 18.6 Å². The molecule has 0 unspecified atom stereocenters. The molecule has 3 rings (SSSR count). The summed E-state index contributed by atoms with van der Waals surface area (Å²) in [6.07, 6.45) is 2.95. The van der Waals surface area contributed by atoms with Crippen molar-refractivity contribution in [2.75, 3.05) is 6.54 Å². The van der Waals surface area contributed by atoms with Crippen molar-refractivity contribution in [2.24, 2.45) is 5.73 Å². The van der Waals surface area contributed by atoms with Gasteiger partial charge in [-0.25, -0.2) is 8.78 Å². The summed E-state index contributed by atoms with van der Waals surface area (Å²) in [5.41, 5.74) is 9.30. The van der Waals surface area contributed by atoms with Crippen molar-refractivity contribution in [1.82, 2.24) is 15.5 Å². The second-order valence-electron chi connectivity index (χ2n) is 6.58. The van der Waals surface area contributed by atoms with Crippen molar-refractivity contribution in [3.63, 3.8) is 0 Å². The predicted molar refractivity (Wildman–Crippen MR) is 106 cm³/mol. The van der Waals surface area contributed by atoms with Gasteiger partial charge in [0.2, 0.25) is 0 Å². The molecular weight excluding hydrogens is 382 g/mol. The highest BCUT2D eigenvalue weighted by Crippen LogP contribution is 2.34. The molecule has 0 bridgehead atoms. The molecule has 0 aliphatic rings. The molecular formula is C20H22F2N4OS. The lowest BCUT2D eigenvalue weighted by atomic mass is 10.1. The zero-order chi connectivity index (χ0) is 20.3. The number of H-pyrrole nitrogens is 1. The van der Waals surface area contributed by atoms with Crippen LogP contribution in [0.5, 0.6) is 0 Å². The molecule has 0 spiro atoms. The number of hydrogen-bond donors (Lipinski definition) is 3. The number of aromatic nitrogens is 2. The normalized spacial score (nSPS) is 12.2. The number of carbonyl (C=O) groups excluding carboxylic acids is 1. The van der Waals surface area contributed by atoms with Crippen molar-refractivity contribution in [3.8, 4) is 10.4 Å². The Morgan fingerprint density at radius 1 is 1.32 bits per heavy atom. The first-order valence-corrected chi connectivity index (χ1v) is 9.82. The average molecular weight is 404 g/mol. The Morgan fingerprint density at radius 2 is 2.11 bits per heavy atom. The van der Waals surface area contributed by atoms with Crippen molar-refractivity contribution in [3.05, 3.63) is 63.8 Å². The molecule has 2 aromatic heterocycles. The topological polar surface area (TPSA) is 83.8 Å². The fraction of sp³-hybridized carbons (Fsp3) is 0.300. The van der Waals surface area contributed by atoms with E-state index in [1.807, 2.05) is 26.1 Å². The van der Waals surface area contributed by atoms with Crippen LogP contribution in [-0.2, 0) is 12.8 Å². The SMILES string of the molecule is CCc1n[nH]cc1-c1sc(C(=O)N[C@H](CN)Cc2ccc(F)c(F)c2)cc1C. The van der Waals surface area contributed by atoms with Gasteiger partial charge in [0.25, 0.3) is 5.91 Å². The lowest BCUT2D eigenvalue weighted by Crippen LogP contribution is -2.41. The highest BCUT2D eigenvalue weighted by molar-refractivity contribution is 7.17. The van der Waals surface area contributed by atoms with Gasteiger partial charge in [-0.1, -0.05) is 13.0 Å². The quantitative estimate of drug-likeness (QED) is 0.563. The molecule has 28 heavy (non-hydrogen) atoms. The third-order valence-corrected chi connectivity index (χ3v) is 5.80. The van der Waals surface area contributed by atoms with Gasteiger partial charge in [0.15, 0.2) is 11.6 Å². The third-order valence-electron chi connectivity index (χ3n) is 4.53. The summed E-state index contributed by atoms with van der Waals surface area (Å²) in [4.78, 5) is 14.3. The van der Waals surface area contributed by atoms with Crippen molar-refractivity contribution in [2.45, 2.75) is 32.7 Å². The zero-order valence-electron chi connectivity index (χ0n) is 15.7. The van der Waals surface area contributed by atoms with Crippen LogP contribution in [0.1, 0.15) is 33.4 Å². The maximum Gasteiger partial charge on any atom is 0.261 e. The molecule has 0 fully saturated rings. The van der Waals surface area contributed by atoms with E-state index in [2.05, 4.69) is 15.5 Å². The number of carbonyl (C=O) groups is 1. The summed E-state index contributed by atoms with van der Waals surface area (Å²) >= 11 is 1.40. The number of rotatable bonds is 7. The molecule has 4 N–H and O–H groups in total.